The zero-order valence-corrected chi connectivity index (χ0v) is 15.3. The van der Waals surface area contributed by atoms with Crippen molar-refractivity contribution in [2.75, 3.05) is 13.2 Å². The van der Waals surface area contributed by atoms with Crippen LogP contribution >= 0.6 is 0 Å². The van der Waals surface area contributed by atoms with Crippen LogP contribution < -0.4 is 21.7 Å². The van der Waals surface area contributed by atoms with Gasteiger partial charge in [-0.15, -0.1) is 0 Å². The Bertz CT molecular complexity index is 796. The standard InChI is InChI=1S/C16H24N6O3S/c1-12-2-5-14(19-10-12)11-22(18)21-16(17)13-3-6-15(7-4-13)26(24,25)20-8-9-23/h2-7,10,16,20-21,23H,8-9,11,17-18H2,1H3. The van der Waals surface area contributed by atoms with Crippen LogP contribution in [0.1, 0.15) is 23.0 Å². The molecule has 1 heterocycles. The lowest BCUT2D eigenvalue weighted by atomic mass is 10.2. The van der Waals surface area contributed by atoms with Gasteiger partial charge >= 0.3 is 0 Å². The van der Waals surface area contributed by atoms with Crippen LogP contribution in [0.4, 0.5) is 0 Å². The number of nitrogens with two attached hydrogens (primary N) is 2. The molecule has 142 valence electrons. The van der Waals surface area contributed by atoms with Crippen molar-refractivity contribution in [1.29, 1.82) is 0 Å². The summed E-state index contributed by atoms with van der Waals surface area (Å²) in [5, 5.41) is 10.1. The molecule has 0 fully saturated rings. The van der Waals surface area contributed by atoms with E-state index in [1.165, 1.54) is 17.3 Å². The molecular formula is C16H24N6O3S. The Balaban J connectivity index is 1.96. The van der Waals surface area contributed by atoms with Gasteiger partial charge in [-0.05, 0) is 36.2 Å². The molecule has 2 aromatic rings. The van der Waals surface area contributed by atoms with Crippen LogP contribution in [0.15, 0.2) is 47.5 Å². The minimum absolute atomic E-state index is 0.0413. The molecule has 0 amide bonds. The van der Waals surface area contributed by atoms with Gasteiger partial charge in [0.05, 0.1) is 29.9 Å². The molecule has 0 radical (unpaired) electrons. The maximum absolute atomic E-state index is 12.0. The van der Waals surface area contributed by atoms with Crippen molar-refractivity contribution in [1.82, 2.24) is 20.2 Å². The third-order valence-electron chi connectivity index (χ3n) is 3.56. The van der Waals surface area contributed by atoms with Gasteiger partial charge in [-0.1, -0.05) is 18.2 Å². The van der Waals surface area contributed by atoms with Crippen molar-refractivity contribution in [3.05, 3.63) is 59.4 Å². The van der Waals surface area contributed by atoms with Gasteiger partial charge in [-0.2, -0.15) is 5.12 Å². The average Bonchev–Trinajstić information content (AvgIpc) is 2.62. The van der Waals surface area contributed by atoms with Crippen molar-refractivity contribution < 1.29 is 13.5 Å². The summed E-state index contributed by atoms with van der Waals surface area (Å²) in [7, 11) is -3.65. The quantitative estimate of drug-likeness (QED) is 0.222. The van der Waals surface area contributed by atoms with E-state index in [1.807, 2.05) is 19.1 Å². The summed E-state index contributed by atoms with van der Waals surface area (Å²) in [6.45, 7) is 1.99. The van der Waals surface area contributed by atoms with Gasteiger partial charge in [0, 0.05) is 12.7 Å². The first-order valence-electron chi connectivity index (χ1n) is 7.98. The Morgan fingerprint density at radius 1 is 1.23 bits per heavy atom. The topological polar surface area (TPSA) is 147 Å². The highest BCUT2D eigenvalue weighted by Gasteiger charge is 2.15. The number of aromatic nitrogens is 1. The van der Waals surface area contributed by atoms with E-state index in [1.54, 1.807) is 18.3 Å². The second-order valence-electron chi connectivity index (χ2n) is 5.75. The lowest BCUT2D eigenvalue weighted by Gasteiger charge is -2.22. The molecule has 0 saturated carbocycles. The number of hydrogen-bond acceptors (Lipinski definition) is 8. The van der Waals surface area contributed by atoms with Crippen LogP contribution in [0.5, 0.6) is 0 Å². The highest BCUT2D eigenvalue weighted by atomic mass is 32.2. The molecule has 1 unspecified atom stereocenters. The summed E-state index contributed by atoms with van der Waals surface area (Å²) in [6.07, 6.45) is 1.14. The van der Waals surface area contributed by atoms with Gasteiger partial charge in [-0.25, -0.2) is 18.6 Å². The van der Waals surface area contributed by atoms with E-state index in [9.17, 15) is 8.42 Å². The number of aryl methyl sites for hydroxylation is 1. The third-order valence-corrected chi connectivity index (χ3v) is 5.04. The normalized spacial score (nSPS) is 13.1. The van der Waals surface area contributed by atoms with Gasteiger partial charge in [0.25, 0.3) is 0 Å². The molecule has 10 heteroatoms. The summed E-state index contributed by atoms with van der Waals surface area (Å²) in [6, 6.07) is 9.91. The molecule has 0 bridgehead atoms. The minimum Gasteiger partial charge on any atom is -0.395 e. The van der Waals surface area contributed by atoms with E-state index in [2.05, 4.69) is 15.1 Å². The van der Waals surface area contributed by atoms with Gasteiger partial charge < -0.3 is 10.8 Å². The lowest BCUT2D eigenvalue weighted by Crippen LogP contribution is -2.47. The predicted molar refractivity (Wildman–Crippen MR) is 97.5 cm³/mol. The number of nitrogens with zero attached hydrogens (tertiary/aromatic N) is 2. The van der Waals surface area contributed by atoms with Crippen LogP contribution in [0.2, 0.25) is 0 Å². The zero-order chi connectivity index (χ0) is 19.2. The van der Waals surface area contributed by atoms with E-state index in [-0.39, 0.29) is 18.0 Å². The zero-order valence-electron chi connectivity index (χ0n) is 14.5. The number of rotatable bonds is 9. The lowest BCUT2D eigenvalue weighted by molar-refractivity contribution is 0.150. The van der Waals surface area contributed by atoms with Crippen LogP contribution in [0.3, 0.4) is 0 Å². The number of aliphatic hydroxyl groups is 1. The maximum atomic E-state index is 12.0. The summed E-state index contributed by atoms with van der Waals surface area (Å²) in [5.41, 5.74) is 11.5. The number of pyridine rings is 1. The molecule has 1 aromatic carbocycles. The highest BCUT2D eigenvalue weighted by Crippen LogP contribution is 2.14. The van der Waals surface area contributed by atoms with Crippen LogP contribution in [0, 0.1) is 6.92 Å². The first kappa shape index (κ1) is 20.4. The van der Waals surface area contributed by atoms with E-state index >= 15 is 0 Å². The molecule has 7 N–H and O–H groups in total. The fraction of sp³-hybridized carbons (Fsp3) is 0.312. The van der Waals surface area contributed by atoms with Crippen molar-refractivity contribution in [2.45, 2.75) is 24.5 Å². The second kappa shape index (κ2) is 9.14. The SMILES string of the molecule is Cc1ccc(CN(N)NC(N)c2ccc(S(=O)(=O)NCCO)cc2)nc1. The number of hydrazine groups is 2. The Labute approximate surface area is 153 Å². The minimum atomic E-state index is -3.65. The van der Waals surface area contributed by atoms with Gasteiger partial charge in [0.2, 0.25) is 10.0 Å². The van der Waals surface area contributed by atoms with Gasteiger partial charge in [0.1, 0.15) is 0 Å². The van der Waals surface area contributed by atoms with E-state index in [4.69, 9.17) is 16.7 Å². The number of nitrogens with one attached hydrogen (secondary N) is 2. The van der Waals surface area contributed by atoms with Crippen LogP contribution in [0.25, 0.3) is 0 Å². The number of aliphatic hydroxyl groups excluding tert-OH is 1. The van der Waals surface area contributed by atoms with Crippen molar-refractivity contribution in [2.24, 2.45) is 11.6 Å². The predicted octanol–water partition coefficient (Wildman–Crippen LogP) is -0.502. The highest BCUT2D eigenvalue weighted by molar-refractivity contribution is 7.89. The van der Waals surface area contributed by atoms with Crippen LogP contribution in [-0.4, -0.2) is 36.8 Å². The number of hydrogen-bond donors (Lipinski definition) is 5. The van der Waals surface area contributed by atoms with Crippen molar-refractivity contribution >= 4 is 10.0 Å². The third kappa shape index (κ3) is 5.81. The van der Waals surface area contributed by atoms with Crippen molar-refractivity contribution in [3.63, 3.8) is 0 Å². The molecule has 2 rings (SSSR count). The summed E-state index contributed by atoms with van der Waals surface area (Å²) >= 11 is 0. The Kier molecular flexibility index (Phi) is 7.17. The summed E-state index contributed by atoms with van der Waals surface area (Å²) in [4.78, 5) is 4.36. The largest absolute Gasteiger partial charge is 0.395 e. The Hall–Kier alpha value is -1.92. The van der Waals surface area contributed by atoms with E-state index in [0.717, 1.165) is 11.3 Å². The molecule has 1 aromatic heterocycles. The molecule has 0 aliphatic rings. The Morgan fingerprint density at radius 2 is 1.92 bits per heavy atom. The molecule has 1 atom stereocenters. The smallest absolute Gasteiger partial charge is 0.240 e. The molecule has 0 aliphatic heterocycles. The average molecular weight is 380 g/mol. The Morgan fingerprint density at radius 3 is 2.50 bits per heavy atom. The fourth-order valence-corrected chi connectivity index (χ4v) is 3.20. The molecular weight excluding hydrogens is 356 g/mol. The number of benzene rings is 1. The first-order chi connectivity index (χ1) is 12.3. The van der Waals surface area contributed by atoms with Crippen LogP contribution in [-0.2, 0) is 16.6 Å². The van der Waals surface area contributed by atoms with Gasteiger partial charge in [-0.3, -0.25) is 10.8 Å². The van der Waals surface area contributed by atoms with Gasteiger partial charge in [0.15, 0.2) is 0 Å². The molecule has 0 saturated heterocycles. The summed E-state index contributed by atoms with van der Waals surface area (Å²) < 4.78 is 26.2. The fourth-order valence-electron chi connectivity index (χ4n) is 2.18. The van der Waals surface area contributed by atoms with Crippen molar-refractivity contribution in [3.8, 4) is 0 Å². The first-order valence-corrected chi connectivity index (χ1v) is 9.46. The molecule has 0 spiro atoms. The van der Waals surface area contributed by atoms with E-state index in [0.29, 0.717) is 12.1 Å². The maximum Gasteiger partial charge on any atom is 0.240 e. The summed E-state index contributed by atoms with van der Waals surface area (Å²) in [5.74, 6) is 5.91. The number of sulfonamides is 1. The molecule has 0 aliphatic carbocycles. The second-order valence-corrected chi connectivity index (χ2v) is 7.52. The molecule has 26 heavy (non-hydrogen) atoms. The molecule has 9 nitrogen and oxygen atoms in total. The van der Waals surface area contributed by atoms with E-state index < -0.39 is 16.2 Å². The monoisotopic (exact) mass is 380 g/mol.